The Bertz CT molecular complexity index is 447. The summed E-state index contributed by atoms with van der Waals surface area (Å²) in [7, 11) is 0. The van der Waals surface area contributed by atoms with Gasteiger partial charge >= 0.3 is 0 Å². The molecule has 0 bridgehead atoms. The largest absolute Gasteiger partial charge is 0.381 e. The van der Waals surface area contributed by atoms with Crippen LogP contribution in [0.1, 0.15) is 37.2 Å². The number of ether oxygens (including phenoxy) is 2. The summed E-state index contributed by atoms with van der Waals surface area (Å²) in [5.74, 6) is -0.0815. The van der Waals surface area contributed by atoms with Gasteiger partial charge in [-0.25, -0.2) is 0 Å². The number of rotatable bonds is 5. The van der Waals surface area contributed by atoms with E-state index in [1.165, 1.54) is 6.20 Å². The second-order valence-electron chi connectivity index (χ2n) is 4.53. The van der Waals surface area contributed by atoms with Gasteiger partial charge in [0.05, 0.1) is 11.2 Å². The average Bonchev–Trinajstić information content (AvgIpc) is 2.80. The lowest BCUT2D eigenvalue weighted by Crippen LogP contribution is -2.47. The zero-order valence-electron chi connectivity index (χ0n) is 11.3. The molecule has 1 aliphatic rings. The van der Waals surface area contributed by atoms with Gasteiger partial charge in [-0.1, -0.05) is 11.6 Å². The first-order valence-electron chi connectivity index (χ1n) is 6.62. The molecule has 0 atom stereocenters. The Morgan fingerprint density at radius 2 is 2.21 bits per heavy atom. The molecule has 1 aromatic rings. The second kappa shape index (κ2) is 6.03. The van der Waals surface area contributed by atoms with Crippen LogP contribution in [0.5, 0.6) is 0 Å². The first-order chi connectivity index (χ1) is 9.14. The number of hydrogen-bond donors (Lipinski definition) is 0. The lowest BCUT2D eigenvalue weighted by Gasteiger charge is -2.35. The highest BCUT2D eigenvalue weighted by Gasteiger charge is 2.43. The highest BCUT2D eigenvalue weighted by molar-refractivity contribution is 6.34. The number of aromatic nitrogens is 2. The van der Waals surface area contributed by atoms with Gasteiger partial charge < -0.3 is 9.47 Å². The van der Waals surface area contributed by atoms with E-state index in [1.807, 2.05) is 13.8 Å². The number of ketones is 1. The molecule has 5 nitrogen and oxygen atoms in total. The fourth-order valence-electron chi connectivity index (χ4n) is 2.46. The van der Waals surface area contributed by atoms with Crippen LogP contribution >= 0.6 is 11.6 Å². The molecule has 1 aromatic heterocycles. The molecule has 19 heavy (non-hydrogen) atoms. The van der Waals surface area contributed by atoms with E-state index in [4.69, 9.17) is 21.1 Å². The molecule has 1 saturated heterocycles. The van der Waals surface area contributed by atoms with E-state index in [9.17, 15) is 4.79 Å². The summed E-state index contributed by atoms with van der Waals surface area (Å²) in [5, 5.41) is 4.50. The average molecular weight is 287 g/mol. The zero-order chi connectivity index (χ0) is 13.9. The van der Waals surface area contributed by atoms with Crippen LogP contribution < -0.4 is 0 Å². The molecule has 2 rings (SSSR count). The Balaban J connectivity index is 2.36. The zero-order valence-corrected chi connectivity index (χ0v) is 12.1. The highest BCUT2D eigenvalue weighted by atomic mass is 35.5. The molecule has 2 heterocycles. The normalized spacial score (nSPS) is 18.5. The van der Waals surface area contributed by atoms with Crippen molar-refractivity contribution in [1.29, 1.82) is 0 Å². The summed E-state index contributed by atoms with van der Waals surface area (Å²) < 4.78 is 12.7. The quantitative estimate of drug-likeness (QED) is 0.780. The SMILES string of the molecule is CCOC1(C(=O)c2c(Cl)cnn2CC)CCOCC1. The van der Waals surface area contributed by atoms with Gasteiger partial charge in [-0.15, -0.1) is 0 Å². The van der Waals surface area contributed by atoms with Crippen LogP contribution in [0.4, 0.5) is 0 Å². The highest BCUT2D eigenvalue weighted by Crippen LogP contribution is 2.31. The number of nitrogens with zero attached hydrogens (tertiary/aromatic N) is 2. The lowest BCUT2D eigenvalue weighted by atomic mass is 9.87. The van der Waals surface area contributed by atoms with Gasteiger partial charge in [-0.3, -0.25) is 9.48 Å². The molecule has 1 aliphatic heterocycles. The first kappa shape index (κ1) is 14.5. The van der Waals surface area contributed by atoms with E-state index in [1.54, 1.807) is 4.68 Å². The molecule has 0 saturated carbocycles. The second-order valence-corrected chi connectivity index (χ2v) is 4.93. The van der Waals surface area contributed by atoms with Crippen LogP contribution in [-0.2, 0) is 16.0 Å². The van der Waals surface area contributed by atoms with Gasteiger partial charge in [-0.2, -0.15) is 5.10 Å². The Hall–Kier alpha value is -0.910. The molecule has 0 unspecified atom stereocenters. The van der Waals surface area contributed by atoms with Crippen molar-refractivity contribution in [3.8, 4) is 0 Å². The smallest absolute Gasteiger partial charge is 0.214 e. The molecule has 106 valence electrons. The number of carbonyl (C=O) groups excluding carboxylic acids is 1. The summed E-state index contributed by atoms with van der Waals surface area (Å²) in [4.78, 5) is 12.8. The van der Waals surface area contributed by atoms with Crippen LogP contribution in [0.15, 0.2) is 6.20 Å². The minimum Gasteiger partial charge on any atom is -0.381 e. The summed E-state index contributed by atoms with van der Waals surface area (Å²) in [6.07, 6.45) is 2.63. The maximum absolute atomic E-state index is 12.8. The molecular weight excluding hydrogens is 268 g/mol. The number of halogens is 1. The van der Waals surface area contributed by atoms with Crippen molar-refractivity contribution in [2.45, 2.75) is 38.8 Å². The first-order valence-corrected chi connectivity index (χ1v) is 7.00. The minimum atomic E-state index is -0.816. The molecule has 0 aliphatic carbocycles. The summed E-state index contributed by atoms with van der Waals surface area (Å²) in [6, 6.07) is 0. The molecule has 0 N–H and O–H groups in total. The number of aryl methyl sites for hydroxylation is 1. The van der Waals surface area contributed by atoms with Gasteiger partial charge in [-0.05, 0) is 13.8 Å². The number of hydrogen-bond acceptors (Lipinski definition) is 4. The molecule has 0 spiro atoms. The van der Waals surface area contributed by atoms with Gasteiger partial charge in [0.15, 0.2) is 0 Å². The fourth-order valence-corrected chi connectivity index (χ4v) is 2.69. The van der Waals surface area contributed by atoms with Gasteiger partial charge in [0.2, 0.25) is 5.78 Å². The van der Waals surface area contributed by atoms with E-state index < -0.39 is 5.60 Å². The van der Waals surface area contributed by atoms with Crippen molar-refractivity contribution in [2.24, 2.45) is 0 Å². The fraction of sp³-hybridized carbons (Fsp3) is 0.692. The Morgan fingerprint density at radius 1 is 1.53 bits per heavy atom. The van der Waals surface area contributed by atoms with Gasteiger partial charge in [0.25, 0.3) is 0 Å². The summed E-state index contributed by atoms with van der Waals surface area (Å²) >= 11 is 6.11. The number of carbonyl (C=O) groups is 1. The van der Waals surface area contributed by atoms with E-state index in [0.29, 0.717) is 49.9 Å². The third-order valence-electron chi connectivity index (χ3n) is 3.44. The van der Waals surface area contributed by atoms with Crippen LogP contribution in [0.3, 0.4) is 0 Å². The molecule has 0 radical (unpaired) electrons. The minimum absolute atomic E-state index is 0.0815. The Kier molecular flexibility index (Phi) is 4.60. The third kappa shape index (κ3) is 2.68. The van der Waals surface area contributed by atoms with Gasteiger partial charge in [0.1, 0.15) is 11.3 Å². The molecule has 6 heteroatoms. The maximum atomic E-state index is 12.8. The van der Waals surface area contributed by atoms with Crippen LogP contribution in [0.25, 0.3) is 0 Å². The molecule has 0 aromatic carbocycles. The van der Waals surface area contributed by atoms with Gasteiger partial charge in [0, 0.05) is 39.2 Å². The van der Waals surface area contributed by atoms with E-state index in [-0.39, 0.29) is 5.78 Å². The summed E-state index contributed by atoms with van der Waals surface area (Å²) in [5.41, 5.74) is -0.372. The van der Waals surface area contributed by atoms with Crippen molar-refractivity contribution in [3.63, 3.8) is 0 Å². The van der Waals surface area contributed by atoms with Crippen molar-refractivity contribution >= 4 is 17.4 Å². The number of Topliss-reactive ketones (excluding diaryl/α,β-unsaturated/α-hetero) is 1. The van der Waals surface area contributed by atoms with Crippen molar-refractivity contribution < 1.29 is 14.3 Å². The topological polar surface area (TPSA) is 53.3 Å². The lowest BCUT2D eigenvalue weighted by molar-refractivity contribution is -0.0826. The summed E-state index contributed by atoms with van der Waals surface area (Å²) in [6.45, 7) is 5.98. The maximum Gasteiger partial charge on any atom is 0.214 e. The molecule has 1 fully saturated rings. The third-order valence-corrected chi connectivity index (χ3v) is 3.72. The monoisotopic (exact) mass is 286 g/mol. The van der Waals surface area contributed by atoms with Crippen molar-refractivity contribution in [3.05, 3.63) is 16.9 Å². The van der Waals surface area contributed by atoms with Crippen LogP contribution in [0.2, 0.25) is 5.02 Å². The van der Waals surface area contributed by atoms with Crippen LogP contribution in [-0.4, -0.2) is 41.0 Å². The molecular formula is C13H19ClN2O3. The van der Waals surface area contributed by atoms with E-state index >= 15 is 0 Å². The Labute approximate surface area is 117 Å². The predicted octanol–water partition coefficient (Wildman–Crippen LogP) is 2.32. The predicted molar refractivity (Wildman–Crippen MR) is 71.7 cm³/mol. The van der Waals surface area contributed by atoms with Crippen molar-refractivity contribution in [2.75, 3.05) is 19.8 Å². The van der Waals surface area contributed by atoms with E-state index in [2.05, 4.69) is 5.10 Å². The van der Waals surface area contributed by atoms with Crippen LogP contribution in [0, 0.1) is 0 Å². The van der Waals surface area contributed by atoms with E-state index in [0.717, 1.165) is 0 Å². The van der Waals surface area contributed by atoms with Crippen molar-refractivity contribution in [1.82, 2.24) is 9.78 Å². The molecule has 0 amide bonds. The Morgan fingerprint density at radius 3 is 2.79 bits per heavy atom. The standard InChI is InChI=1S/C13H19ClN2O3/c1-3-16-11(10(14)9-15-16)12(17)13(19-4-2)5-7-18-8-6-13/h9H,3-8H2,1-2H3.